The number of para-hydroxylation sites is 3. The molecule has 2 atom stereocenters. The summed E-state index contributed by atoms with van der Waals surface area (Å²) >= 11 is 0. The van der Waals surface area contributed by atoms with Crippen molar-refractivity contribution in [2.24, 2.45) is 0 Å². The number of benzene rings is 8. The Balaban J connectivity index is 0.823. The monoisotopic (exact) mass is 869 g/mol. The molecule has 67 heavy (non-hydrogen) atoms. The number of furan rings is 2. The molecule has 1 aliphatic heterocycles. The summed E-state index contributed by atoms with van der Waals surface area (Å²) in [6.07, 6.45) is 7.10. The molecule has 0 amide bonds. The third-order valence-electron chi connectivity index (χ3n) is 14.9. The van der Waals surface area contributed by atoms with E-state index in [-0.39, 0.29) is 5.92 Å². The van der Waals surface area contributed by atoms with Gasteiger partial charge in [-0.25, -0.2) is 0 Å². The molecule has 6 heteroatoms. The lowest BCUT2D eigenvalue weighted by atomic mass is 9.77. The number of rotatable bonds is 8. The zero-order valence-corrected chi connectivity index (χ0v) is 37.8. The Labute approximate surface area is 389 Å². The molecule has 1 saturated heterocycles. The van der Waals surface area contributed by atoms with Crippen LogP contribution >= 0.6 is 0 Å². The number of hydrogen-bond acceptors (Lipinski definition) is 4. The summed E-state index contributed by atoms with van der Waals surface area (Å²) in [5.74, 6) is 0.206. The zero-order valence-electron chi connectivity index (χ0n) is 37.8. The highest BCUT2D eigenvalue weighted by Gasteiger charge is 2.54. The van der Waals surface area contributed by atoms with Crippen LogP contribution in [0, 0.1) is 0 Å². The molecule has 0 radical (unpaired) electrons. The third-order valence-corrected chi connectivity index (χ3v) is 14.9. The lowest BCUT2D eigenvalue weighted by molar-refractivity contribution is -0.0151. The van der Waals surface area contributed by atoms with Crippen molar-refractivity contribution < 1.29 is 18.1 Å². The molecule has 1 N–H and O–H groups in total. The van der Waals surface area contributed by atoms with Crippen molar-refractivity contribution in [3.05, 3.63) is 198 Å². The number of aromatic amines is 1. The predicted octanol–water partition coefficient (Wildman–Crippen LogP) is 13.6. The van der Waals surface area contributed by atoms with Gasteiger partial charge < -0.3 is 23.1 Å². The highest BCUT2D eigenvalue weighted by atomic mass is 16.7. The Morgan fingerprint density at radius 3 is 2.13 bits per heavy atom. The van der Waals surface area contributed by atoms with Gasteiger partial charge >= 0.3 is 7.12 Å². The molecule has 1 fully saturated rings. The second-order valence-electron chi connectivity index (χ2n) is 19.2. The number of H-pyrrole nitrogens is 1. The van der Waals surface area contributed by atoms with Crippen LogP contribution in [0.2, 0.25) is 0 Å². The van der Waals surface area contributed by atoms with Crippen molar-refractivity contribution in [3.8, 4) is 33.4 Å². The van der Waals surface area contributed by atoms with Crippen molar-refractivity contribution in [3.63, 3.8) is 0 Å². The van der Waals surface area contributed by atoms with Gasteiger partial charge in [-0.3, -0.25) is 0 Å². The Morgan fingerprint density at radius 1 is 0.537 bits per heavy atom. The van der Waals surface area contributed by atoms with Crippen LogP contribution in [0.1, 0.15) is 50.7 Å². The number of hydrogen-bond donors (Lipinski definition) is 1. The maximum atomic E-state index is 7.03. The van der Waals surface area contributed by atoms with E-state index in [0.717, 1.165) is 90.9 Å². The van der Waals surface area contributed by atoms with Gasteiger partial charge in [0.15, 0.2) is 0 Å². The highest BCUT2D eigenvalue weighted by Crippen LogP contribution is 2.43. The molecule has 5 nitrogen and oxygen atoms in total. The van der Waals surface area contributed by atoms with Crippen LogP contribution in [0.5, 0.6) is 0 Å². The summed E-state index contributed by atoms with van der Waals surface area (Å²) in [6, 6.07) is 62.9. The summed E-state index contributed by atoms with van der Waals surface area (Å²) in [5.41, 5.74) is 15.4. The molecule has 1 aliphatic carbocycles. The van der Waals surface area contributed by atoms with Crippen LogP contribution in [0.15, 0.2) is 185 Å². The maximum absolute atomic E-state index is 7.03. The van der Waals surface area contributed by atoms with E-state index in [1.807, 2.05) is 24.3 Å². The van der Waals surface area contributed by atoms with Crippen LogP contribution in [-0.2, 0) is 15.7 Å². The number of aryl methyl sites for hydroxylation is 1. The molecule has 8 aromatic carbocycles. The fraction of sp³-hybridized carbons (Fsp3) is 0.148. The average Bonchev–Trinajstić information content (AvgIpc) is 4.11. The van der Waals surface area contributed by atoms with Crippen LogP contribution < -0.4 is 16.1 Å². The summed E-state index contributed by atoms with van der Waals surface area (Å²) in [5, 5.41) is 7.06. The van der Waals surface area contributed by atoms with E-state index < -0.39 is 18.3 Å². The molecule has 4 heterocycles. The van der Waals surface area contributed by atoms with Gasteiger partial charge in [0.05, 0.1) is 16.7 Å². The SMILES string of the molecule is CC1(C)OB(c2cccc(C3C=c4oc5ccccc5c4=CC3)c2)OC1(C)CCc1cccc2c1[nH]c1c(-c3cccc(-c4ccc5c(c4)oc4ccccc45)c3)cc(-c3ccccc3)cc12. The quantitative estimate of drug-likeness (QED) is 0.155. The van der Waals surface area contributed by atoms with Crippen molar-refractivity contribution in [2.75, 3.05) is 0 Å². The normalized spacial score (nSPS) is 18.0. The van der Waals surface area contributed by atoms with E-state index in [0.29, 0.717) is 0 Å². The van der Waals surface area contributed by atoms with Crippen LogP contribution in [0.25, 0.3) is 100 Å². The minimum atomic E-state index is -0.548. The standard InChI is InChI=1S/C61H48BNO4/c1-60(2)61(3,67-62(66-60)46-20-12-18-41(33-46)43-27-29-50-48-22-8-10-25-55(48)65-57(50)37-43)31-30-39-16-13-23-51-53-35-45(38-14-5-4-6-15-38)34-52(59(53)63-58(39)51)44-19-11-17-40(32-44)42-26-28-49-47-21-7-9-24-54(47)64-56(49)36-42/h4-26,28-29,32-37,43,63H,27,30-31H2,1-3H3. The van der Waals surface area contributed by atoms with Crippen LogP contribution in [0.3, 0.4) is 0 Å². The number of fused-ring (bicyclic) bond motifs is 9. The Bertz CT molecular complexity index is 3880. The van der Waals surface area contributed by atoms with Crippen molar-refractivity contribution in [1.29, 1.82) is 0 Å². The molecule has 0 spiro atoms. The third kappa shape index (κ3) is 6.69. The Hall–Kier alpha value is -7.38. The molecule has 324 valence electrons. The maximum Gasteiger partial charge on any atom is 0.494 e. The lowest BCUT2D eigenvalue weighted by Crippen LogP contribution is -2.45. The molecule has 0 saturated carbocycles. The van der Waals surface area contributed by atoms with Crippen molar-refractivity contribution in [2.45, 2.75) is 57.2 Å². The second kappa shape index (κ2) is 15.3. The molecular formula is C61H48BNO4. The molecule has 2 unspecified atom stereocenters. The molecule has 2 aliphatic rings. The van der Waals surface area contributed by atoms with E-state index in [1.54, 1.807) is 0 Å². The smallest absolute Gasteiger partial charge is 0.456 e. The van der Waals surface area contributed by atoms with Gasteiger partial charge in [-0.05, 0) is 133 Å². The fourth-order valence-electron chi connectivity index (χ4n) is 10.8. The molecule has 13 rings (SSSR count). The summed E-state index contributed by atoms with van der Waals surface area (Å²) in [7, 11) is -0.478. The van der Waals surface area contributed by atoms with Crippen molar-refractivity contribution >= 4 is 79.4 Å². The molecule has 0 bridgehead atoms. The molecule has 3 aromatic heterocycles. The van der Waals surface area contributed by atoms with Crippen molar-refractivity contribution in [1.82, 2.24) is 4.98 Å². The first-order valence-electron chi connectivity index (χ1n) is 23.6. The van der Waals surface area contributed by atoms with Gasteiger partial charge in [-0.15, -0.1) is 0 Å². The van der Waals surface area contributed by atoms with Crippen LogP contribution in [0.4, 0.5) is 0 Å². The first kappa shape index (κ1) is 39.9. The fourth-order valence-corrected chi connectivity index (χ4v) is 10.8. The largest absolute Gasteiger partial charge is 0.494 e. The van der Waals surface area contributed by atoms with E-state index in [4.69, 9.17) is 18.1 Å². The minimum Gasteiger partial charge on any atom is -0.456 e. The number of aromatic nitrogens is 1. The van der Waals surface area contributed by atoms with Gasteiger partial charge in [0.25, 0.3) is 0 Å². The highest BCUT2D eigenvalue weighted by molar-refractivity contribution is 6.62. The topological polar surface area (TPSA) is 60.5 Å². The van der Waals surface area contributed by atoms with E-state index >= 15 is 0 Å². The van der Waals surface area contributed by atoms with Gasteiger partial charge in [-0.2, -0.15) is 0 Å². The minimum absolute atomic E-state index is 0.206. The summed E-state index contributed by atoms with van der Waals surface area (Å²) in [6.45, 7) is 6.57. The van der Waals surface area contributed by atoms with Gasteiger partial charge in [0.1, 0.15) is 22.2 Å². The van der Waals surface area contributed by atoms with Crippen LogP contribution in [-0.4, -0.2) is 23.3 Å². The van der Waals surface area contributed by atoms with Gasteiger partial charge in [0.2, 0.25) is 0 Å². The van der Waals surface area contributed by atoms with Gasteiger partial charge in [0, 0.05) is 49.1 Å². The second-order valence-corrected chi connectivity index (χ2v) is 19.2. The number of nitrogens with one attached hydrogen (secondary N) is 1. The Kier molecular flexibility index (Phi) is 9.15. The van der Waals surface area contributed by atoms with E-state index in [9.17, 15) is 0 Å². The average molecular weight is 870 g/mol. The first-order valence-corrected chi connectivity index (χ1v) is 23.6. The first-order chi connectivity index (χ1) is 32.7. The molecule has 11 aromatic rings. The predicted molar refractivity (Wildman–Crippen MR) is 276 cm³/mol. The summed E-state index contributed by atoms with van der Waals surface area (Å²) in [4.78, 5) is 3.99. The van der Waals surface area contributed by atoms with Gasteiger partial charge in [-0.1, -0.05) is 140 Å². The van der Waals surface area contributed by atoms with E-state index in [2.05, 4.69) is 190 Å². The Morgan fingerprint density at radius 2 is 1.25 bits per heavy atom. The zero-order chi connectivity index (χ0) is 44.9. The summed E-state index contributed by atoms with van der Waals surface area (Å²) < 4.78 is 26.5. The lowest BCUT2D eigenvalue weighted by Gasteiger charge is -2.36. The van der Waals surface area contributed by atoms with E-state index in [1.165, 1.54) is 43.6 Å². The molecular weight excluding hydrogens is 821 g/mol.